The summed E-state index contributed by atoms with van der Waals surface area (Å²) in [6, 6.07) is 50.7. The van der Waals surface area contributed by atoms with E-state index < -0.39 is 18.8 Å². The van der Waals surface area contributed by atoms with Gasteiger partial charge < -0.3 is 36.4 Å². The van der Waals surface area contributed by atoms with Crippen molar-refractivity contribution in [2.45, 2.75) is 25.7 Å². The van der Waals surface area contributed by atoms with E-state index in [0.29, 0.717) is 23.1 Å². The van der Waals surface area contributed by atoms with Gasteiger partial charge in [-0.25, -0.2) is 38.7 Å². The van der Waals surface area contributed by atoms with Crippen LogP contribution in [0.2, 0.25) is 15.7 Å². The topological polar surface area (TPSA) is 225 Å². The molecule has 0 radical (unpaired) electrons. The second-order valence-corrected chi connectivity index (χ2v) is 20.5. The van der Waals surface area contributed by atoms with E-state index in [1.54, 1.807) is 6.20 Å². The van der Waals surface area contributed by atoms with Gasteiger partial charge >= 0.3 is 7.12 Å². The molecule has 1 aliphatic carbocycles. The number of aromatic nitrogens is 10. The van der Waals surface area contributed by atoms with Crippen LogP contribution in [0.4, 0.5) is 20.4 Å². The number of allylic oxidation sites excluding steroid dienone is 1. The summed E-state index contributed by atoms with van der Waals surface area (Å²) in [6.45, 7) is 2.24. The van der Waals surface area contributed by atoms with Crippen LogP contribution in [0.1, 0.15) is 28.7 Å². The molecule has 21 heteroatoms. The number of benzene rings is 6. The van der Waals surface area contributed by atoms with Gasteiger partial charge in [-0.2, -0.15) is 0 Å². The van der Waals surface area contributed by atoms with Crippen LogP contribution in [0.5, 0.6) is 0 Å². The molecule has 0 unspecified atom stereocenters. The van der Waals surface area contributed by atoms with Crippen LogP contribution in [0.15, 0.2) is 201 Å². The number of hydrogen-bond donors (Lipinski definition) is 7. The highest BCUT2D eigenvalue weighted by atomic mass is 35.5. The number of H-pyrrole nitrogens is 2. The molecular weight excluding hydrogens is 1150 g/mol. The third-order valence-electron chi connectivity index (χ3n) is 13.8. The van der Waals surface area contributed by atoms with Crippen LogP contribution in [-0.2, 0) is 19.3 Å². The van der Waals surface area contributed by atoms with E-state index in [-0.39, 0.29) is 16.0 Å². The Labute approximate surface area is 508 Å². The third-order valence-corrected chi connectivity index (χ3v) is 14.4. The lowest BCUT2D eigenvalue weighted by molar-refractivity contribution is 0.425. The molecule has 14 rings (SSSR count). The lowest BCUT2D eigenvalue weighted by Gasteiger charge is -2.11. The van der Waals surface area contributed by atoms with Crippen molar-refractivity contribution in [3.8, 4) is 11.4 Å². The van der Waals surface area contributed by atoms with Gasteiger partial charge in [0, 0.05) is 86.9 Å². The van der Waals surface area contributed by atoms with Gasteiger partial charge in [-0.1, -0.05) is 115 Å². The normalized spacial score (nSPS) is 11.3. The SMILES string of the molecule is Clc1nc(Cl)c2ccccc2n1.Clc1nc(NCCc2c[nH]c3ccccc23)c2ccccc2n1.Fc1cncc(-c2nc(NCCc3c[nH]c4ccccc34)c3ccccc3n2)c1.NCCC1=CCc2ccccc21.OB(O)c1cncc(F)c1. The van der Waals surface area contributed by atoms with Crippen molar-refractivity contribution in [2.24, 2.45) is 5.73 Å². The molecular formula is C65H55BCl3F2N13O2. The van der Waals surface area contributed by atoms with Crippen LogP contribution in [-0.4, -0.2) is 86.6 Å². The minimum Gasteiger partial charge on any atom is -0.423 e. The van der Waals surface area contributed by atoms with Gasteiger partial charge in [-0.15, -0.1) is 0 Å². The number of nitrogens with zero attached hydrogens (tertiary/aromatic N) is 8. The summed E-state index contributed by atoms with van der Waals surface area (Å²) >= 11 is 17.5. The quantitative estimate of drug-likeness (QED) is 0.0344. The summed E-state index contributed by atoms with van der Waals surface area (Å²) in [4.78, 5) is 39.6. The van der Waals surface area contributed by atoms with Crippen molar-refractivity contribution in [1.29, 1.82) is 0 Å². The number of fused-ring (bicyclic) bond motifs is 6. The number of anilines is 2. The van der Waals surface area contributed by atoms with E-state index in [9.17, 15) is 8.78 Å². The van der Waals surface area contributed by atoms with Gasteiger partial charge in [0.1, 0.15) is 28.4 Å². The minimum absolute atomic E-state index is 0.0556. The monoisotopic (exact) mass is 1200 g/mol. The molecule has 0 atom stereocenters. The van der Waals surface area contributed by atoms with Crippen molar-refractivity contribution >= 4 is 119 Å². The molecule has 0 bridgehead atoms. The van der Waals surface area contributed by atoms with Crippen molar-refractivity contribution in [3.63, 3.8) is 0 Å². The number of aromatic amines is 2. The molecule has 7 heterocycles. The molecule has 1 aliphatic rings. The van der Waals surface area contributed by atoms with Crippen molar-refractivity contribution in [3.05, 3.63) is 251 Å². The van der Waals surface area contributed by atoms with Gasteiger partial charge in [0.25, 0.3) is 0 Å². The Morgan fingerprint density at radius 2 is 1.02 bits per heavy atom. The highest BCUT2D eigenvalue weighted by molar-refractivity contribution is 6.58. The number of rotatable bonds is 12. The first-order chi connectivity index (χ1) is 42.0. The summed E-state index contributed by atoms with van der Waals surface area (Å²) in [5.74, 6) is 0.971. The fourth-order valence-electron chi connectivity index (χ4n) is 9.69. The van der Waals surface area contributed by atoms with E-state index >= 15 is 0 Å². The van der Waals surface area contributed by atoms with Crippen LogP contribution in [0.3, 0.4) is 0 Å². The van der Waals surface area contributed by atoms with Gasteiger partial charge in [0.15, 0.2) is 5.82 Å². The first-order valence-electron chi connectivity index (χ1n) is 27.4. The number of para-hydroxylation sites is 5. The fourth-order valence-corrected chi connectivity index (χ4v) is 10.3. The Hall–Kier alpha value is -9.27. The first-order valence-corrected chi connectivity index (χ1v) is 28.5. The maximum Gasteiger partial charge on any atom is 0.490 e. The predicted molar refractivity (Wildman–Crippen MR) is 344 cm³/mol. The Kier molecular flexibility index (Phi) is 20.2. The third kappa shape index (κ3) is 15.3. The molecule has 8 N–H and O–H groups in total. The second-order valence-electron chi connectivity index (χ2n) is 19.5. The highest BCUT2D eigenvalue weighted by Gasteiger charge is 2.15. The fraction of sp³-hybridized carbons (Fsp3) is 0.108. The smallest absolute Gasteiger partial charge is 0.423 e. The van der Waals surface area contributed by atoms with E-state index in [1.807, 2.05) is 97.2 Å². The molecule has 86 heavy (non-hydrogen) atoms. The van der Waals surface area contributed by atoms with Crippen molar-refractivity contribution in [2.75, 3.05) is 30.3 Å². The summed E-state index contributed by atoms with van der Waals surface area (Å²) in [5, 5.41) is 29.9. The number of halogens is 5. The standard InChI is InChI=1S/C23H18FN5.C18H15ClN4.C11H13N.C8H4Cl2N2.C5H5BFNO2/c24-17-11-16(12-25-14-17)22-28-21-8-4-2-6-19(21)23(29-22)26-10-9-15-13-27-20-7-3-1-5-18(15)20;19-18-22-16-8-4-2-6-14(16)17(23-18)20-10-9-12-11-21-15-7-3-1-5-13(12)15;12-8-7-10-6-5-9-3-1-2-4-11(9)10;9-7-5-3-1-2-4-6(5)11-8(10)12-7;7-5-1-4(6(9)10)2-8-3-5/h1-8,11-14,27H,9-10H2,(H,26,28,29);1-8,11,21H,9-10H2,(H,20,22,23);1-4,6H,5,7-8,12H2;1-4H;1-3,9-10H. The molecule has 7 aromatic heterocycles. The molecule has 430 valence electrons. The maximum atomic E-state index is 13.6. The minimum atomic E-state index is -1.65. The van der Waals surface area contributed by atoms with Crippen molar-refractivity contribution in [1.82, 2.24) is 49.8 Å². The van der Waals surface area contributed by atoms with Crippen LogP contribution < -0.4 is 21.8 Å². The molecule has 6 aromatic carbocycles. The maximum absolute atomic E-state index is 13.6. The summed E-state index contributed by atoms with van der Waals surface area (Å²) in [5.41, 5.74) is 17.7. The Balaban J connectivity index is 0.000000127. The van der Waals surface area contributed by atoms with Crippen LogP contribution in [0, 0.1) is 11.6 Å². The summed E-state index contributed by atoms with van der Waals surface area (Å²) in [7, 11) is -1.65. The molecule has 0 saturated carbocycles. The first kappa shape index (κ1) is 59.9. The molecule has 0 amide bonds. The second kappa shape index (κ2) is 29.0. The Morgan fingerprint density at radius 1 is 0.523 bits per heavy atom. The van der Waals surface area contributed by atoms with Crippen molar-refractivity contribution < 1.29 is 18.8 Å². The van der Waals surface area contributed by atoms with E-state index in [0.717, 1.165) is 106 Å². The lowest BCUT2D eigenvalue weighted by atomic mass is 9.82. The zero-order chi connectivity index (χ0) is 59.8. The van der Waals surface area contributed by atoms with Crippen LogP contribution >= 0.6 is 34.8 Å². The summed E-state index contributed by atoms with van der Waals surface area (Å²) < 4.78 is 25.9. The number of nitrogens with two attached hydrogens (primary N) is 1. The predicted octanol–water partition coefficient (Wildman–Crippen LogP) is 13.2. The Bertz CT molecular complexity index is 4480. The lowest BCUT2D eigenvalue weighted by Crippen LogP contribution is -2.30. The average molecular weight is 1210 g/mol. The molecule has 13 aromatic rings. The summed E-state index contributed by atoms with van der Waals surface area (Å²) in [6.07, 6.45) is 15.2. The Morgan fingerprint density at radius 3 is 1.60 bits per heavy atom. The largest absolute Gasteiger partial charge is 0.490 e. The number of hydrogen-bond acceptors (Lipinski definition) is 13. The molecule has 0 saturated heterocycles. The number of nitrogens with one attached hydrogen (secondary N) is 4. The molecule has 15 nitrogen and oxygen atoms in total. The number of pyridine rings is 2. The van der Waals surface area contributed by atoms with Gasteiger partial charge in [-0.3, -0.25) is 9.97 Å². The van der Waals surface area contributed by atoms with E-state index in [1.165, 1.54) is 57.1 Å². The molecule has 0 aliphatic heterocycles. The molecule has 0 spiro atoms. The van der Waals surface area contributed by atoms with E-state index in [4.69, 9.17) is 50.6 Å². The van der Waals surface area contributed by atoms with Gasteiger partial charge in [0.2, 0.25) is 10.6 Å². The zero-order valence-corrected chi connectivity index (χ0v) is 48.3. The van der Waals surface area contributed by atoms with Gasteiger partial charge in [0.05, 0.1) is 28.9 Å². The van der Waals surface area contributed by atoms with Crippen LogP contribution in [0.25, 0.3) is 71.5 Å². The van der Waals surface area contributed by atoms with E-state index in [2.05, 4.69) is 127 Å². The van der Waals surface area contributed by atoms with Gasteiger partial charge in [-0.05, 0) is 144 Å². The zero-order valence-electron chi connectivity index (χ0n) is 46.0. The molecule has 0 fully saturated rings. The highest BCUT2D eigenvalue weighted by Crippen LogP contribution is 2.30. The average Bonchev–Trinajstić information content (AvgIpc) is 4.27.